The number of imide groups is 2. The van der Waals surface area contributed by atoms with Gasteiger partial charge in [0.2, 0.25) is 11.8 Å². The van der Waals surface area contributed by atoms with E-state index in [1.54, 1.807) is 23.1 Å². The van der Waals surface area contributed by atoms with E-state index in [1.807, 2.05) is 49.2 Å². The summed E-state index contributed by atoms with van der Waals surface area (Å²) >= 11 is 0. The van der Waals surface area contributed by atoms with Gasteiger partial charge in [0, 0.05) is 51.3 Å². The van der Waals surface area contributed by atoms with Crippen molar-refractivity contribution < 1.29 is 33.5 Å². The van der Waals surface area contributed by atoms with Crippen molar-refractivity contribution in [3.05, 3.63) is 98.6 Å². The molecule has 0 bridgehead atoms. The van der Waals surface area contributed by atoms with Crippen molar-refractivity contribution in [2.24, 2.45) is 5.84 Å². The van der Waals surface area contributed by atoms with E-state index in [2.05, 4.69) is 11.0 Å². The standard InChI is InChI=1S/C42H43N7O7/c1-24-15-33(8-5-27(24)19-43)56-32-9-6-31(7-10-32)45(2)39(52)26-3-4-28-20-46(14-13-25(28)16-26)23-38(51)47-21-29-17-34-35(18-30(29)22-47)41(54)48(40(34)53)36-11-12-37(50)49(44)42(36)55/h3-5,8,15-18,31-32,36H,6-7,9-14,20-23,44H2,1-2H3/t31-,32-,36?. The van der Waals surface area contributed by atoms with Gasteiger partial charge in [0.1, 0.15) is 11.8 Å². The summed E-state index contributed by atoms with van der Waals surface area (Å²) in [5, 5.41) is 9.68. The maximum Gasteiger partial charge on any atom is 0.266 e. The average molecular weight is 758 g/mol. The monoisotopic (exact) mass is 757 g/mol. The Labute approximate surface area is 324 Å². The van der Waals surface area contributed by atoms with E-state index >= 15 is 0 Å². The molecule has 8 rings (SSSR count). The predicted molar refractivity (Wildman–Crippen MR) is 200 cm³/mol. The van der Waals surface area contributed by atoms with Crippen LogP contribution in [-0.4, -0.2) is 98.4 Å². The molecule has 1 unspecified atom stereocenters. The average Bonchev–Trinajstić information content (AvgIpc) is 3.73. The van der Waals surface area contributed by atoms with Crippen molar-refractivity contribution >= 4 is 35.4 Å². The van der Waals surface area contributed by atoms with E-state index in [4.69, 9.17) is 10.6 Å². The van der Waals surface area contributed by atoms with Gasteiger partial charge in [0.25, 0.3) is 23.6 Å². The minimum absolute atomic E-state index is 0.00524. The van der Waals surface area contributed by atoms with Crippen LogP contribution in [0.3, 0.4) is 0 Å². The number of hydrogen-bond donors (Lipinski definition) is 1. The van der Waals surface area contributed by atoms with E-state index in [-0.39, 0.29) is 54.5 Å². The van der Waals surface area contributed by atoms with Crippen molar-refractivity contribution in [2.75, 3.05) is 20.1 Å². The quantitative estimate of drug-likeness (QED) is 0.214. The maximum absolute atomic E-state index is 13.6. The molecule has 1 atom stereocenters. The third-order valence-electron chi connectivity index (χ3n) is 12.1. The topological polar surface area (TPSA) is 178 Å². The molecule has 0 spiro atoms. The van der Waals surface area contributed by atoms with Gasteiger partial charge >= 0.3 is 0 Å². The van der Waals surface area contributed by atoms with Gasteiger partial charge in [-0.05, 0) is 116 Å². The summed E-state index contributed by atoms with van der Waals surface area (Å²) < 4.78 is 6.21. The summed E-state index contributed by atoms with van der Waals surface area (Å²) in [6.45, 7) is 3.94. The van der Waals surface area contributed by atoms with Crippen molar-refractivity contribution in [3.8, 4) is 11.8 Å². The van der Waals surface area contributed by atoms with Gasteiger partial charge in [-0.1, -0.05) is 6.07 Å². The summed E-state index contributed by atoms with van der Waals surface area (Å²) in [4.78, 5) is 85.0. The first kappa shape index (κ1) is 37.0. The Hall–Kier alpha value is -5.91. The molecule has 14 heteroatoms. The second kappa shape index (κ2) is 14.6. The predicted octanol–water partition coefficient (Wildman–Crippen LogP) is 3.22. The zero-order valence-corrected chi connectivity index (χ0v) is 31.5. The summed E-state index contributed by atoms with van der Waals surface area (Å²) in [6, 6.07) is 15.8. The van der Waals surface area contributed by atoms with Gasteiger partial charge in [-0.15, -0.1) is 0 Å². The molecule has 4 aliphatic heterocycles. The highest BCUT2D eigenvalue weighted by atomic mass is 16.5. The molecular formula is C42H43N7O7. The number of amides is 6. The fraction of sp³-hybridized carbons (Fsp3) is 0.405. The van der Waals surface area contributed by atoms with Crippen LogP contribution in [0.15, 0.2) is 48.5 Å². The van der Waals surface area contributed by atoms with Crippen LogP contribution in [0.5, 0.6) is 5.75 Å². The van der Waals surface area contributed by atoms with Crippen molar-refractivity contribution in [3.63, 3.8) is 0 Å². The maximum atomic E-state index is 13.6. The smallest absolute Gasteiger partial charge is 0.266 e. The van der Waals surface area contributed by atoms with Gasteiger partial charge in [-0.3, -0.25) is 38.6 Å². The van der Waals surface area contributed by atoms with E-state index in [1.165, 1.54) is 0 Å². The number of ether oxygens (including phenoxy) is 1. The van der Waals surface area contributed by atoms with E-state index in [0.29, 0.717) is 48.7 Å². The molecule has 0 radical (unpaired) electrons. The van der Waals surface area contributed by atoms with Gasteiger partial charge in [0.05, 0.1) is 35.4 Å². The van der Waals surface area contributed by atoms with Crippen LogP contribution in [0.1, 0.15) is 103 Å². The van der Waals surface area contributed by atoms with Gasteiger partial charge in [0.15, 0.2) is 0 Å². The molecule has 3 aromatic rings. The van der Waals surface area contributed by atoms with Crippen molar-refractivity contribution in [2.45, 2.75) is 89.7 Å². The lowest BCUT2D eigenvalue weighted by Crippen LogP contribution is -2.58. The van der Waals surface area contributed by atoms with Gasteiger partial charge in [-0.25, -0.2) is 10.9 Å². The summed E-state index contributed by atoms with van der Waals surface area (Å²) in [5.74, 6) is 3.74. The largest absolute Gasteiger partial charge is 0.490 e. The fourth-order valence-electron chi connectivity index (χ4n) is 8.76. The normalized spacial score (nSPS) is 22.1. The minimum atomic E-state index is -1.13. The molecule has 288 valence electrons. The summed E-state index contributed by atoms with van der Waals surface area (Å²) in [5.41, 5.74) is 6.30. The van der Waals surface area contributed by atoms with Crippen LogP contribution in [0.4, 0.5) is 0 Å². The number of benzene rings is 3. The van der Waals surface area contributed by atoms with Crippen LogP contribution in [0.25, 0.3) is 0 Å². The lowest BCUT2D eigenvalue weighted by molar-refractivity contribution is -0.152. The minimum Gasteiger partial charge on any atom is -0.490 e. The molecule has 2 N–H and O–H groups in total. The third-order valence-corrected chi connectivity index (χ3v) is 12.1. The number of hydrogen-bond acceptors (Lipinski definition) is 10. The second-order valence-electron chi connectivity index (χ2n) is 15.6. The number of nitrogens with zero attached hydrogens (tertiary/aromatic N) is 6. The number of aryl methyl sites for hydroxylation is 1. The zero-order chi connectivity index (χ0) is 39.4. The van der Waals surface area contributed by atoms with Crippen molar-refractivity contribution in [1.82, 2.24) is 24.6 Å². The fourth-order valence-corrected chi connectivity index (χ4v) is 8.76. The molecule has 3 aromatic carbocycles. The number of piperidine rings is 1. The molecule has 1 saturated carbocycles. The van der Waals surface area contributed by atoms with Gasteiger partial charge in [-0.2, -0.15) is 5.26 Å². The Morgan fingerprint density at radius 1 is 0.857 bits per heavy atom. The Kier molecular flexibility index (Phi) is 9.68. The number of nitriles is 1. The van der Waals surface area contributed by atoms with Crippen LogP contribution < -0.4 is 10.6 Å². The molecule has 5 aliphatic rings. The highest BCUT2D eigenvalue weighted by Gasteiger charge is 2.47. The first-order valence-electron chi connectivity index (χ1n) is 19.1. The van der Waals surface area contributed by atoms with Crippen molar-refractivity contribution in [1.29, 1.82) is 5.26 Å². The molecule has 0 aromatic heterocycles. The highest BCUT2D eigenvalue weighted by molar-refractivity contribution is 6.23. The number of fused-ring (bicyclic) bond motifs is 3. The van der Waals surface area contributed by atoms with Crippen LogP contribution >= 0.6 is 0 Å². The first-order chi connectivity index (χ1) is 26.9. The number of hydrazine groups is 1. The summed E-state index contributed by atoms with van der Waals surface area (Å²) in [7, 11) is 1.87. The molecule has 14 nitrogen and oxygen atoms in total. The Morgan fingerprint density at radius 3 is 2.21 bits per heavy atom. The Morgan fingerprint density at radius 2 is 1.55 bits per heavy atom. The molecule has 56 heavy (non-hydrogen) atoms. The highest BCUT2D eigenvalue weighted by Crippen LogP contribution is 2.34. The molecule has 1 saturated heterocycles. The Bertz CT molecular complexity index is 2190. The van der Waals surface area contributed by atoms with Crippen LogP contribution in [0, 0.1) is 18.3 Å². The van der Waals surface area contributed by atoms with Gasteiger partial charge < -0.3 is 14.5 Å². The zero-order valence-electron chi connectivity index (χ0n) is 31.5. The molecule has 4 heterocycles. The van der Waals surface area contributed by atoms with E-state index in [9.17, 15) is 34.0 Å². The van der Waals surface area contributed by atoms with Crippen LogP contribution in [0.2, 0.25) is 0 Å². The molecule has 2 fully saturated rings. The lowest BCUT2D eigenvalue weighted by Gasteiger charge is -2.35. The number of carbonyl (C=O) groups excluding carboxylic acids is 6. The van der Waals surface area contributed by atoms with E-state index in [0.717, 1.165) is 64.1 Å². The van der Waals surface area contributed by atoms with E-state index < -0.39 is 29.7 Å². The molecule has 1 aliphatic carbocycles. The SMILES string of the molecule is Cc1cc(O[C@H]2CC[C@H](N(C)C(=O)c3ccc4c(c3)CCN(CC(=O)N3Cc5cc6c(cc5C3)C(=O)N(C3CCC(=O)N(N)C3=O)C6=O)C4)CC2)ccc1C#N. The Balaban J connectivity index is 0.834. The lowest BCUT2D eigenvalue weighted by atomic mass is 9.91. The number of rotatable bonds is 7. The first-order valence-corrected chi connectivity index (χ1v) is 19.1. The number of carbonyl (C=O) groups is 6. The second-order valence-corrected chi connectivity index (χ2v) is 15.6. The number of nitrogens with two attached hydrogens (primary N) is 1. The third kappa shape index (κ3) is 6.71. The van der Waals surface area contributed by atoms with Crippen LogP contribution in [-0.2, 0) is 40.4 Å². The summed E-state index contributed by atoms with van der Waals surface area (Å²) in [6.07, 6.45) is 4.12. The molecular weight excluding hydrogens is 715 g/mol. The molecule has 6 amide bonds.